The van der Waals surface area contributed by atoms with E-state index in [0.29, 0.717) is 6.54 Å². The summed E-state index contributed by atoms with van der Waals surface area (Å²) in [5.74, 6) is 0. The number of hydrogen-bond acceptors (Lipinski definition) is 3. The van der Waals surface area contributed by atoms with Crippen molar-refractivity contribution in [1.29, 1.82) is 0 Å². The van der Waals surface area contributed by atoms with Crippen molar-refractivity contribution in [3.05, 3.63) is 24.0 Å². The Hall–Kier alpha value is -1.42. The molecule has 68 valence electrons. The van der Waals surface area contributed by atoms with Crippen LogP contribution in [0.1, 0.15) is 5.69 Å². The first-order chi connectivity index (χ1) is 6.33. The van der Waals surface area contributed by atoms with Gasteiger partial charge in [-0.05, 0) is 19.1 Å². The molecule has 2 aromatic heterocycles. The molecule has 2 rings (SSSR count). The summed E-state index contributed by atoms with van der Waals surface area (Å²) in [6, 6.07) is 3.95. The zero-order chi connectivity index (χ0) is 9.26. The predicted octanol–water partition coefficient (Wildman–Crippen LogP) is 0.698. The first kappa shape index (κ1) is 8.19. The molecule has 2 aromatic rings. The topological polar surface area (TPSA) is 56.7 Å². The summed E-state index contributed by atoms with van der Waals surface area (Å²) in [4.78, 5) is 4.27. The van der Waals surface area contributed by atoms with Crippen molar-refractivity contribution in [1.82, 2.24) is 14.8 Å². The molecule has 0 bridgehead atoms. The number of aromatic nitrogens is 3. The van der Waals surface area contributed by atoms with E-state index in [0.717, 1.165) is 23.3 Å². The monoisotopic (exact) mass is 176 g/mol. The normalized spacial score (nSPS) is 10.9. The standard InChI is InChI=1S/C9H12N4/c1-7-8-3-2-5-11-9(8)13(12-7)6-4-10/h2-3,5H,4,6,10H2,1H3. The lowest BCUT2D eigenvalue weighted by Gasteiger charge is -1.97. The van der Waals surface area contributed by atoms with Gasteiger partial charge in [0, 0.05) is 18.1 Å². The van der Waals surface area contributed by atoms with E-state index in [1.54, 1.807) is 6.20 Å². The SMILES string of the molecule is Cc1nn(CCN)c2ncccc12. The number of aryl methyl sites for hydroxylation is 1. The van der Waals surface area contributed by atoms with Crippen LogP contribution in [0.2, 0.25) is 0 Å². The van der Waals surface area contributed by atoms with Crippen molar-refractivity contribution in [3.63, 3.8) is 0 Å². The van der Waals surface area contributed by atoms with Gasteiger partial charge in [0.25, 0.3) is 0 Å². The fourth-order valence-corrected chi connectivity index (χ4v) is 1.45. The highest BCUT2D eigenvalue weighted by atomic mass is 15.3. The molecule has 0 spiro atoms. The maximum atomic E-state index is 5.47. The number of hydrogen-bond donors (Lipinski definition) is 1. The van der Waals surface area contributed by atoms with Crippen LogP contribution >= 0.6 is 0 Å². The van der Waals surface area contributed by atoms with Crippen molar-refractivity contribution < 1.29 is 0 Å². The predicted molar refractivity (Wildman–Crippen MR) is 51.3 cm³/mol. The summed E-state index contributed by atoms with van der Waals surface area (Å²) in [7, 11) is 0. The van der Waals surface area contributed by atoms with E-state index in [4.69, 9.17) is 5.73 Å². The molecule has 0 saturated carbocycles. The Bertz CT molecular complexity index is 418. The molecule has 13 heavy (non-hydrogen) atoms. The van der Waals surface area contributed by atoms with Gasteiger partial charge in [0.15, 0.2) is 5.65 Å². The minimum Gasteiger partial charge on any atom is -0.329 e. The quantitative estimate of drug-likeness (QED) is 0.732. The molecule has 0 radical (unpaired) electrons. The van der Waals surface area contributed by atoms with E-state index >= 15 is 0 Å². The molecule has 0 unspecified atom stereocenters. The van der Waals surface area contributed by atoms with Crippen molar-refractivity contribution in [2.24, 2.45) is 5.73 Å². The van der Waals surface area contributed by atoms with Gasteiger partial charge in [-0.3, -0.25) is 0 Å². The van der Waals surface area contributed by atoms with Crippen LogP contribution in [-0.4, -0.2) is 21.3 Å². The third-order valence-corrected chi connectivity index (χ3v) is 2.03. The minimum atomic E-state index is 0.590. The molecule has 0 amide bonds. The molecule has 4 heteroatoms. The Labute approximate surface area is 76.4 Å². The molecule has 0 atom stereocenters. The summed E-state index contributed by atoms with van der Waals surface area (Å²) in [5, 5.41) is 5.46. The Morgan fingerprint density at radius 2 is 2.38 bits per heavy atom. The molecule has 0 aliphatic rings. The lowest BCUT2D eigenvalue weighted by Crippen LogP contribution is -2.11. The van der Waals surface area contributed by atoms with Crippen molar-refractivity contribution >= 4 is 11.0 Å². The average Bonchev–Trinajstić information content (AvgIpc) is 2.46. The molecule has 4 nitrogen and oxygen atoms in total. The third kappa shape index (κ3) is 1.29. The number of rotatable bonds is 2. The van der Waals surface area contributed by atoms with Gasteiger partial charge in [-0.1, -0.05) is 0 Å². The Kier molecular flexibility index (Phi) is 1.98. The largest absolute Gasteiger partial charge is 0.329 e. The molecular weight excluding hydrogens is 164 g/mol. The zero-order valence-corrected chi connectivity index (χ0v) is 7.57. The van der Waals surface area contributed by atoms with E-state index in [2.05, 4.69) is 10.1 Å². The van der Waals surface area contributed by atoms with E-state index in [1.807, 2.05) is 23.7 Å². The van der Waals surface area contributed by atoms with Gasteiger partial charge < -0.3 is 5.73 Å². The second-order valence-corrected chi connectivity index (χ2v) is 2.97. The van der Waals surface area contributed by atoms with Gasteiger partial charge in [-0.25, -0.2) is 9.67 Å². The molecule has 0 fully saturated rings. The summed E-state index contributed by atoms with van der Waals surface area (Å²) >= 11 is 0. The third-order valence-electron chi connectivity index (χ3n) is 2.03. The highest BCUT2D eigenvalue weighted by Crippen LogP contribution is 2.14. The molecular formula is C9H12N4. The number of fused-ring (bicyclic) bond motifs is 1. The smallest absolute Gasteiger partial charge is 0.158 e. The van der Waals surface area contributed by atoms with E-state index in [-0.39, 0.29) is 0 Å². The van der Waals surface area contributed by atoms with E-state index in [1.165, 1.54) is 0 Å². The summed E-state index contributed by atoms with van der Waals surface area (Å²) < 4.78 is 1.85. The number of nitrogens with zero attached hydrogens (tertiary/aromatic N) is 3. The van der Waals surface area contributed by atoms with E-state index < -0.39 is 0 Å². The molecule has 0 saturated heterocycles. The van der Waals surface area contributed by atoms with Gasteiger partial charge in [-0.15, -0.1) is 0 Å². The second kappa shape index (κ2) is 3.14. The first-order valence-corrected chi connectivity index (χ1v) is 4.31. The van der Waals surface area contributed by atoms with Gasteiger partial charge in [0.2, 0.25) is 0 Å². The van der Waals surface area contributed by atoms with Gasteiger partial charge in [0.1, 0.15) is 0 Å². The van der Waals surface area contributed by atoms with Gasteiger partial charge in [-0.2, -0.15) is 5.10 Å². The highest BCUT2D eigenvalue weighted by Gasteiger charge is 2.05. The van der Waals surface area contributed by atoms with Crippen LogP contribution in [0.25, 0.3) is 11.0 Å². The summed E-state index contributed by atoms with van der Waals surface area (Å²) in [6.07, 6.45) is 1.77. The van der Waals surface area contributed by atoms with Crippen LogP contribution in [0, 0.1) is 6.92 Å². The van der Waals surface area contributed by atoms with Gasteiger partial charge >= 0.3 is 0 Å². The number of nitrogens with two attached hydrogens (primary N) is 1. The lowest BCUT2D eigenvalue weighted by molar-refractivity contribution is 0.634. The second-order valence-electron chi connectivity index (χ2n) is 2.97. The van der Waals surface area contributed by atoms with Crippen LogP contribution < -0.4 is 5.73 Å². The molecule has 0 aromatic carbocycles. The Balaban J connectivity index is 2.63. The molecule has 0 aliphatic heterocycles. The maximum absolute atomic E-state index is 5.47. The van der Waals surface area contributed by atoms with Crippen LogP contribution in [-0.2, 0) is 6.54 Å². The van der Waals surface area contributed by atoms with E-state index in [9.17, 15) is 0 Å². The van der Waals surface area contributed by atoms with Crippen LogP contribution in [0.3, 0.4) is 0 Å². The fourth-order valence-electron chi connectivity index (χ4n) is 1.45. The lowest BCUT2D eigenvalue weighted by atomic mass is 10.3. The Morgan fingerprint density at radius 3 is 3.15 bits per heavy atom. The average molecular weight is 176 g/mol. The zero-order valence-electron chi connectivity index (χ0n) is 7.57. The highest BCUT2D eigenvalue weighted by molar-refractivity contribution is 5.77. The minimum absolute atomic E-state index is 0.590. The Morgan fingerprint density at radius 1 is 1.54 bits per heavy atom. The molecule has 2 N–H and O–H groups in total. The fraction of sp³-hybridized carbons (Fsp3) is 0.333. The molecule has 2 heterocycles. The maximum Gasteiger partial charge on any atom is 0.158 e. The van der Waals surface area contributed by atoms with Crippen molar-refractivity contribution in [2.75, 3.05) is 6.54 Å². The molecule has 0 aliphatic carbocycles. The first-order valence-electron chi connectivity index (χ1n) is 4.31. The summed E-state index contributed by atoms with van der Waals surface area (Å²) in [5.41, 5.74) is 7.40. The summed E-state index contributed by atoms with van der Waals surface area (Å²) in [6.45, 7) is 3.30. The van der Waals surface area contributed by atoms with Gasteiger partial charge in [0.05, 0.1) is 12.2 Å². The van der Waals surface area contributed by atoms with Crippen molar-refractivity contribution in [3.8, 4) is 0 Å². The van der Waals surface area contributed by atoms with Crippen LogP contribution in [0.15, 0.2) is 18.3 Å². The van der Waals surface area contributed by atoms with Crippen molar-refractivity contribution in [2.45, 2.75) is 13.5 Å². The van der Waals surface area contributed by atoms with Crippen LogP contribution in [0.5, 0.6) is 0 Å². The van der Waals surface area contributed by atoms with Crippen LogP contribution in [0.4, 0.5) is 0 Å². The number of pyridine rings is 1.